The van der Waals surface area contributed by atoms with E-state index in [1.165, 1.54) is 21.7 Å². The van der Waals surface area contributed by atoms with Gasteiger partial charge in [0.2, 0.25) is 10.0 Å². The lowest BCUT2D eigenvalue weighted by molar-refractivity contribution is -0.119. The Kier molecular flexibility index (Phi) is 7.05. The zero-order chi connectivity index (χ0) is 20.9. The summed E-state index contributed by atoms with van der Waals surface area (Å²) in [5, 5.41) is 4.35. The van der Waals surface area contributed by atoms with Crippen LogP contribution in [0.15, 0.2) is 40.6 Å². The van der Waals surface area contributed by atoms with Gasteiger partial charge in [0.1, 0.15) is 4.88 Å². The Morgan fingerprint density at radius 3 is 2.52 bits per heavy atom. The van der Waals surface area contributed by atoms with Crippen molar-refractivity contribution in [1.82, 2.24) is 4.31 Å². The molecule has 1 aliphatic rings. The molecule has 1 aromatic heterocycles. The maximum absolute atomic E-state index is 13.1. The quantitative estimate of drug-likeness (QED) is 0.701. The molecule has 29 heavy (non-hydrogen) atoms. The lowest BCUT2D eigenvalue weighted by Gasteiger charge is -2.21. The number of hydrogen-bond acceptors (Lipinski definition) is 6. The molecule has 2 heterocycles. The van der Waals surface area contributed by atoms with E-state index in [4.69, 9.17) is 4.74 Å². The number of nitrogens with zero attached hydrogens (tertiary/aromatic N) is 1. The standard InChI is InChI=1S/C20H24N2O5S2/c1-15-8-9-16(21-19(23)14-27-20(24)17-7-6-12-28-17)13-18(15)29(25,26)22-10-4-2-3-5-11-22/h6-9,12-13H,2-5,10-11,14H2,1H3,(H,21,23). The molecule has 1 aromatic carbocycles. The minimum atomic E-state index is -3.63. The number of rotatable bonds is 6. The van der Waals surface area contributed by atoms with E-state index in [9.17, 15) is 18.0 Å². The maximum Gasteiger partial charge on any atom is 0.348 e. The number of carbonyl (C=O) groups excluding carboxylic acids is 2. The third kappa shape index (κ3) is 5.43. The summed E-state index contributed by atoms with van der Waals surface area (Å²) in [6, 6.07) is 8.10. The first kappa shape index (κ1) is 21.5. The highest BCUT2D eigenvalue weighted by molar-refractivity contribution is 7.89. The molecule has 1 saturated heterocycles. The van der Waals surface area contributed by atoms with Gasteiger partial charge in [-0.3, -0.25) is 4.79 Å². The molecule has 1 fully saturated rings. The van der Waals surface area contributed by atoms with Crippen molar-refractivity contribution < 1.29 is 22.7 Å². The molecule has 0 saturated carbocycles. The summed E-state index contributed by atoms with van der Waals surface area (Å²) in [7, 11) is -3.63. The van der Waals surface area contributed by atoms with E-state index in [0.29, 0.717) is 29.2 Å². The van der Waals surface area contributed by atoms with E-state index in [1.807, 2.05) is 0 Å². The van der Waals surface area contributed by atoms with Crippen LogP contribution in [0.3, 0.4) is 0 Å². The molecule has 156 valence electrons. The van der Waals surface area contributed by atoms with Gasteiger partial charge in [-0.05, 0) is 48.9 Å². The van der Waals surface area contributed by atoms with Gasteiger partial charge in [-0.15, -0.1) is 11.3 Å². The zero-order valence-corrected chi connectivity index (χ0v) is 17.9. The molecule has 0 atom stereocenters. The normalized spacial score (nSPS) is 15.5. The number of ether oxygens (including phenoxy) is 1. The molecule has 1 amide bonds. The lowest BCUT2D eigenvalue weighted by Crippen LogP contribution is -2.32. The summed E-state index contributed by atoms with van der Waals surface area (Å²) in [4.78, 5) is 24.6. The van der Waals surface area contributed by atoms with Crippen LogP contribution in [-0.2, 0) is 19.6 Å². The minimum absolute atomic E-state index is 0.188. The Balaban J connectivity index is 1.68. The minimum Gasteiger partial charge on any atom is -0.451 e. The lowest BCUT2D eigenvalue weighted by atomic mass is 10.2. The van der Waals surface area contributed by atoms with Crippen LogP contribution in [-0.4, -0.2) is 44.3 Å². The first-order chi connectivity index (χ1) is 13.9. The summed E-state index contributed by atoms with van der Waals surface area (Å²) in [5.74, 6) is -1.10. The molecule has 0 spiro atoms. The largest absolute Gasteiger partial charge is 0.451 e. The Morgan fingerprint density at radius 2 is 1.86 bits per heavy atom. The van der Waals surface area contributed by atoms with Gasteiger partial charge in [0.15, 0.2) is 6.61 Å². The average Bonchev–Trinajstić information content (AvgIpc) is 3.09. The number of nitrogens with one attached hydrogen (secondary N) is 1. The van der Waals surface area contributed by atoms with Gasteiger partial charge in [0, 0.05) is 18.8 Å². The summed E-state index contributed by atoms with van der Waals surface area (Å²) >= 11 is 1.23. The summed E-state index contributed by atoms with van der Waals surface area (Å²) in [6.45, 7) is 2.31. The Morgan fingerprint density at radius 1 is 1.14 bits per heavy atom. The third-order valence-electron chi connectivity index (χ3n) is 4.71. The van der Waals surface area contributed by atoms with Gasteiger partial charge in [-0.2, -0.15) is 4.31 Å². The molecule has 0 unspecified atom stereocenters. The second-order valence-corrected chi connectivity index (χ2v) is 9.75. The van der Waals surface area contributed by atoms with E-state index >= 15 is 0 Å². The van der Waals surface area contributed by atoms with Crippen LogP contribution in [0.2, 0.25) is 0 Å². The number of anilines is 1. The SMILES string of the molecule is Cc1ccc(NC(=O)COC(=O)c2cccs2)cc1S(=O)(=O)N1CCCCCC1. The molecule has 2 aromatic rings. The smallest absolute Gasteiger partial charge is 0.348 e. The molecule has 1 aliphatic heterocycles. The summed E-state index contributed by atoms with van der Waals surface area (Å²) in [6.07, 6.45) is 3.77. The highest BCUT2D eigenvalue weighted by atomic mass is 32.2. The Hall–Kier alpha value is -2.23. The number of hydrogen-bond donors (Lipinski definition) is 1. The van der Waals surface area contributed by atoms with Crippen LogP contribution < -0.4 is 5.32 Å². The van der Waals surface area contributed by atoms with Gasteiger partial charge in [0.05, 0.1) is 4.90 Å². The summed E-state index contributed by atoms with van der Waals surface area (Å²) in [5.41, 5.74) is 0.970. The molecule has 0 aliphatic carbocycles. The van der Waals surface area contributed by atoms with Crippen molar-refractivity contribution in [2.24, 2.45) is 0 Å². The molecule has 0 radical (unpaired) electrons. The van der Waals surface area contributed by atoms with Crippen molar-refractivity contribution in [3.63, 3.8) is 0 Å². The van der Waals surface area contributed by atoms with Crippen molar-refractivity contribution >= 4 is 38.9 Å². The molecular weight excluding hydrogens is 412 g/mol. The van der Waals surface area contributed by atoms with E-state index in [0.717, 1.165) is 25.7 Å². The van der Waals surface area contributed by atoms with E-state index in [-0.39, 0.29) is 4.90 Å². The number of sulfonamides is 1. The number of carbonyl (C=O) groups is 2. The van der Waals surface area contributed by atoms with Crippen molar-refractivity contribution in [3.8, 4) is 0 Å². The fraction of sp³-hybridized carbons (Fsp3) is 0.400. The molecular formula is C20H24N2O5S2. The van der Waals surface area contributed by atoms with Crippen molar-refractivity contribution in [3.05, 3.63) is 46.2 Å². The fourth-order valence-electron chi connectivity index (χ4n) is 3.17. The van der Waals surface area contributed by atoms with Gasteiger partial charge < -0.3 is 10.1 Å². The monoisotopic (exact) mass is 436 g/mol. The highest BCUT2D eigenvalue weighted by Gasteiger charge is 2.27. The van der Waals surface area contributed by atoms with E-state index in [1.54, 1.807) is 36.6 Å². The predicted octanol–water partition coefficient (Wildman–Crippen LogP) is 3.42. The van der Waals surface area contributed by atoms with Crippen LogP contribution in [0.5, 0.6) is 0 Å². The highest BCUT2D eigenvalue weighted by Crippen LogP contribution is 2.25. The molecule has 1 N–H and O–H groups in total. The van der Waals surface area contributed by atoms with Crippen LogP contribution in [0.4, 0.5) is 5.69 Å². The van der Waals surface area contributed by atoms with Crippen molar-refractivity contribution in [2.75, 3.05) is 25.0 Å². The number of benzene rings is 1. The summed E-state index contributed by atoms with van der Waals surface area (Å²) < 4.78 is 32.7. The Labute approximate surface area is 174 Å². The van der Waals surface area contributed by atoms with Crippen LogP contribution in [0.25, 0.3) is 0 Å². The van der Waals surface area contributed by atoms with Gasteiger partial charge >= 0.3 is 5.97 Å². The van der Waals surface area contributed by atoms with E-state index < -0.39 is 28.5 Å². The van der Waals surface area contributed by atoms with Crippen LogP contribution >= 0.6 is 11.3 Å². The second-order valence-electron chi connectivity index (χ2n) is 6.90. The fourth-order valence-corrected chi connectivity index (χ4v) is 5.55. The van der Waals surface area contributed by atoms with Crippen LogP contribution in [0.1, 0.15) is 40.9 Å². The topological polar surface area (TPSA) is 92.8 Å². The first-order valence-electron chi connectivity index (χ1n) is 9.49. The van der Waals surface area contributed by atoms with Crippen molar-refractivity contribution in [2.45, 2.75) is 37.5 Å². The Bertz CT molecular complexity index is 963. The van der Waals surface area contributed by atoms with Gasteiger partial charge in [-0.1, -0.05) is 25.0 Å². The predicted molar refractivity (Wildman–Crippen MR) is 112 cm³/mol. The average molecular weight is 437 g/mol. The van der Waals surface area contributed by atoms with Gasteiger partial charge in [0.25, 0.3) is 5.91 Å². The molecule has 7 nitrogen and oxygen atoms in total. The third-order valence-corrected chi connectivity index (χ3v) is 7.60. The molecule has 9 heteroatoms. The number of aryl methyl sites for hydroxylation is 1. The first-order valence-corrected chi connectivity index (χ1v) is 11.8. The van der Waals surface area contributed by atoms with Crippen LogP contribution in [0, 0.1) is 6.92 Å². The van der Waals surface area contributed by atoms with Crippen molar-refractivity contribution in [1.29, 1.82) is 0 Å². The maximum atomic E-state index is 13.1. The zero-order valence-electron chi connectivity index (χ0n) is 16.2. The molecule has 3 rings (SSSR count). The second kappa shape index (κ2) is 9.51. The number of thiophene rings is 1. The molecule has 0 bridgehead atoms. The number of esters is 1. The van der Waals surface area contributed by atoms with E-state index in [2.05, 4.69) is 5.32 Å². The van der Waals surface area contributed by atoms with Gasteiger partial charge in [-0.25, -0.2) is 13.2 Å². The number of amides is 1.